The van der Waals surface area contributed by atoms with Crippen molar-refractivity contribution in [3.63, 3.8) is 0 Å². The van der Waals surface area contributed by atoms with Gasteiger partial charge in [0.2, 0.25) is 0 Å². The molecule has 0 aliphatic heterocycles. The van der Waals surface area contributed by atoms with Gasteiger partial charge in [0.05, 0.1) is 49.6 Å². The average molecular weight is 949 g/mol. The fraction of sp³-hybridized carbons (Fsp3) is 0.720. The molecule has 9 heteroatoms. The van der Waals surface area contributed by atoms with Crippen molar-refractivity contribution in [1.29, 1.82) is 0 Å². The molecule has 2 rings (SSSR count). The summed E-state index contributed by atoms with van der Waals surface area (Å²) in [6.45, 7) is 5.05. The molecule has 0 bridgehead atoms. The topological polar surface area (TPSA) is 139 Å². The average Bonchev–Trinajstić information content (AvgIpc) is 3.22. The Labute approximate surface area is 400 Å². The van der Waals surface area contributed by atoms with Crippen LogP contribution in [0.2, 0.25) is 0 Å². The van der Waals surface area contributed by atoms with E-state index in [1.54, 1.807) is 0 Å². The quantitative estimate of drug-likeness (QED) is 0.0501. The predicted molar refractivity (Wildman–Crippen MR) is 238 cm³/mol. The molecule has 0 radical (unpaired) electrons. The number of carboxylic acids is 2. The molecule has 0 aliphatic carbocycles. The first-order valence-electron chi connectivity index (χ1n) is 23.4. The van der Waals surface area contributed by atoms with Crippen LogP contribution in [-0.2, 0) is 32.3 Å². The van der Waals surface area contributed by atoms with E-state index in [9.17, 15) is 30.0 Å². The number of aliphatic hydroxyl groups excluding tert-OH is 2. The van der Waals surface area contributed by atoms with Gasteiger partial charge in [0.15, 0.2) is 0 Å². The van der Waals surface area contributed by atoms with E-state index < -0.39 is 24.1 Å². The zero-order chi connectivity index (χ0) is 42.3. The number of aliphatic hydroxyl groups is 2. The molecule has 0 saturated carbocycles. The molecular formula is C50H82BaO8. The molecule has 2 aromatic rings. The summed E-state index contributed by atoms with van der Waals surface area (Å²) in [7, 11) is 0. The summed E-state index contributed by atoms with van der Waals surface area (Å²) in [4.78, 5) is 22.5. The van der Waals surface area contributed by atoms with Crippen molar-refractivity contribution < 1.29 is 39.5 Å². The molecule has 4 atom stereocenters. The van der Waals surface area contributed by atoms with Gasteiger partial charge in [-0.25, -0.2) is 0 Å². The monoisotopic (exact) mass is 949 g/mol. The molecule has 0 heterocycles. The molecule has 0 saturated heterocycles. The van der Waals surface area contributed by atoms with Crippen molar-refractivity contribution in [3.05, 3.63) is 71.8 Å². The number of carbonyl (C=O) groups is 2. The molecule has 0 spiro atoms. The largest absolute Gasteiger partial charge is 2.00 e. The molecule has 2 aromatic carbocycles. The number of rotatable bonds is 38. The molecule has 2 N–H and O–H groups in total. The normalized spacial score (nSPS) is 13.1. The SMILES string of the molecule is CCCCCCCC(O)CCCCCCCCC(OCc1ccccc1)C(=O)[O-].CCCCCCCC(O)CCCCCCCCC(OCc1ccccc1)C(=O)[O-].[Ba+2]. The van der Waals surface area contributed by atoms with E-state index >= 15 is 0 Å². The van der Waals surface area contributed by atoms with Crippen LogP contribution in [0, 0.1) is 0 Å². The first-order valence-corrected chi connectivity index (χ1v) is 23.4. The smallest absolute Gasteiger partial charge is 0.547 e. The Kier molecular flexibility index (Phi) is 41.2. The second-order valence-corrected chi connectivity index (χ2v) is 16.3. The van der Waals surface area contributed by atoms with Crippen LogP contribution in [-0.4, -0.2) is 95.4 Å². The van der Waals surface area contributed by atoms with Crippen molar-refractivity contribution in [1.82, 2.24) is 0 Å². The van der Waals surface area contributed by atoms with Gasteiger partial charge in [-0.05, 0) is 49.7 Å². The third-order valence-electron chi connectivity index (χ3n) is 10.9. The minimum atomic E-state index is -1.12. The Morgan fingerprint density at radius 2 is 0.695 bits per heavy atom. The minimum absolute atomic E-state index is 0. The molecule has 332 valence electrons. The maximum absolute atomic E-state index is 11.3. The first-order chi connectivity index (χ1) is 28.3. The van der Waals surface area contributed by atoms with E-state index in [0.717, 1.165) is 127 Å². The van der Waals surface area contributed by atoms with Crippen LogP contribution in [0.4, 0.5) is 0 Å². The van der Waals surface area contributed by atoms with E-state index in [1.807, 2.05) is 60.7 Å². The zero-order valence-electron chi connectivity index (χ0n) is 37.3. The van der Waals surface area contributed by atoms with Gasteiger partial charge in [-0.3, -0.25) is 0 Å². The fourth-order valence-electron chi connectivity index (χ4n) is 7.17. The molecule has 0 amide bonds. The van der Waals surface area contributed by atoms with Crippen LogP contribution in [0.1, 0.15) is 205 Å². The summed E-state index contributed by atoms with van der Waals surface area (Å²) in [6, 6.07) is 19.2. The van der Waals surface area contributed by atoms with Crippen molar-refractivity contribution in [2.24, 2.45) is 0 Å². The van der Waals surface area contributed by atoms with E-state index in [2.05, 4.69) is 13.8 Å². The number of unbranched alkanes of at least 4 members (excludes halogenated alkanes) is 18. The number of ether oxygens (including phenoxy) is 2. The summed E-state index contributed by atoms with van der Waals surface area (Å²) in [6.07, 6.45) is 27.9. The van der Waals surface area contributed by atoms with Gasteiger partial charge in [-0.2, -0.15) is 0 Å². The van der Waals surface area contributed by atoms with Gasteiger partial charge in [0, 0.05) is 0 Å². The summed E-state index contributed by atoms with van der Waals surface area (Å²) in [5.41, 5.74) is 1.95. The van der Waals surface area contributed by atoms with Crippen molar-refractivity contribution in [3.8, 4) is 0 Å². The summed E-state index contributed by atoms with van der Waals surface area (Å²) >= 11 is 0. The van der Waals surface area contributed by atoms with Gasteiger partial charge < -0.3 is 39.5 Å². The second-order valence-electron chi connectivity index (χ2n) is 16.3. The van der Waals surface area contributed by atoms with E-state index in [1.165, 1.54) is 51.4 Å². The zero-order valence-corrected chi connectivity index (χ0v) is 41.8. The predicted octanol–water partition coefficient (Wildman–Crippen LogP) is 9.95. The van der Waals surface area contributed by atoms with Gasteiger partial charge in [0.25, 0.3) is 0 Å². The molecule has 8 nitrogen and oxygen atoms in total. The van der Waals surface area contributed by atoms with E-state index in [4.69, 9.17) is 9.47 Å². The van der Waals surface area contributed by atoms with Gasteiger partial charge in [-0.1, -0.05) is 216 Å². The first kappa shape index (κ1) is 57.8. The van der Waals surface area contributed by atoms with E-state index in [-0.39, 0.29) is 61.1 Å². The Hall–Kier alpha value is -1.21. The van der Waals surface area contributed by atoms with Crippen molar-refractivity contribution in [2.45, 2.75) is 231 Å². The molecular weight excluding hydrogens is 866 g/mol. The maximum atomic E-state index is 11.3. The summed E-state index contributed by atoms with van der Waals surface area (Å²) in [5, 5.41) is 42.5. The van der Waals surface area contributed by atoms with Crippen LogP contribution in [0.5, 0.6) is 0 Å². The number of benzene rings is 2. The Bertz CT molecular complexity index is 1110. The number of carbonyl (C=O) groups excluding carboxylic acids is 2. The number of aliphatic carboxylic acids is 2. The fourth-order valence-corrected chi connectivity index (χ4v) is 7.17. The molecule has 0 aromatic heterocycles. The molecule has 0 fully saturated rings. The standard InChI is InChI=1S/2C25H42O4.Ba/c2*1-2-3-4-7-13-18-23(26)19-14-8-5-6-9-15-20-24(25(27)28)29-21-22-16-11-10-12-17-22;/h2*10-12,16-17,23-24,26H,2-9,13-15,18-21H2,1H3,(H,27,28);/q;;+2/p-2. The minimum Gasteiger partial charge on any atom is -0.547 e. The molecule has 59 heavy (non-hydrogen) atoms. The maximum Gasteiger partial charge on any atom is 2.00 e. The number of carboxylic acid groups (broad SMARTS) is 2. The van der Waals surface area contributed by atoms with Crippen LogP contribution < -0.4 is 10.2 Å². The Morgan fingerprint density at radius 3 is 0.966 bits per heavy atom. The number of hydrogen-bond acceptors (Lipinski definition) is 8. The second kappa shape index (κ2) is 42.1. The van der Waals surface area contributed by atoms with Crippen molar-refractivity contribution >= 4 is 60.8 Å². The third-order valence-corrected chi connectivity index (χ3v) is 10.9. The number of hydrogen-bond donors (Lipinski definition) is 2. The van der Waals surface area contributed by atoms with Gasteiger partial charge >= 0.3 is 48.9 Å². The van der Waals surface area contributed by atoms with Crippen LogP contribution in [0.15, 0.2) is 60.7 Å². The molecule has 4 unspecified atom stereocenters. The summed E-state index contributed by atoms with van der Waals surface area (Å²) < 4.78 is 11.1. The van der Waals surface area contributed by atoms with Crippen LogP contribution >= 0.6 is 0 Å². The van der Waals surface area contributed by atoms with Crippen LogP contribution in [0.3, 0.4) is 0 Å². The van der Waals surface area contributed by atoms with Crippen LogP contribution in [0.25, 0.3) is 0 Å². The Balaban J connectivity index is 0.00000112. The summed E-state index contributed by atoms with van der Waals surface area (Å²) in [5.74, 6) is -2.24. The molecule has 0 aliphatic rings. The van der Waals surface area contributed by atoms with Gasteiger partial charge in [-0.15, -0.1) is 0 Å². The van der Waals surface area contributed by atoms with Crippen molar-refractivity contribution in [2.75, 3.05) is 0 Å². The third kappa shape index (κ3) is 36.0. The van der Waals surface area contributed by atoms with E-state index in [0.29, 0.717) is 26.1 Å². The Morgan fingerprint density at radius 1 is 0.441 bits per heavy atom. The van der Waals surface area contributed by atoms with Gasteiger partial charge in [0.1, 0.15) is 0 Å².